The number of hydrogen-bond donors (Lipinski definition) is 2. The van der Waals surface area contributed by atoms with Gasteiger partial charge in [-0.3, -0.25) is 9.59 Å². The highest BCUT2D eigenvalue weighted by atomic mass is 16.4. The molecule has 0 saturated carbocycles. The van der Waals surface area contributed by atoms with Gasteiger partial charge in [0, 0.05) is 12.3 Å². The molecule has 0 fully saturated rings. The Morgan fingerprint density at radius 2 is 1.89 bits per heavy atom. The lowest BCUT2D eigenvalue weighted by Gasteiger charge is -2.29. The van der Waals surface area contributed by atoms with E-state index in [9.17, 15) is 9.59 Å². The second kappa shape index (κ2) is 8.08. The van der Waals surface area contributed by atoms with E-state index in [1.165, 1.54) is 0 Å². The summed E-state index contributed by atoms with van der Waals surface area (Å²) >= 11 is 0. The molecule has 0 aromatic carbocycles. The summed E-state index contributed by atoms with van der Waals surface area (Å²) in [4.78, 5) is 22.0. The number of aliphatic carboxylic acids is 1. The Morgan fingerprint density at radius 3 is 2.39 bits per heavy atom. The average molecular weight is 259 g/mol. The van der Waals surface area contributed by atoms with Crippen LogP contribution in [0.3, 0.4) is 0 Å². The number of nitrogens with zero attached hydrogens (tertiary/aromatic N) is 1. The summed E-state index contributed by atoms with van der Waals surface area (Å²) in [6.07, 6.45) is 1.73. The fourth-order valence-corrected chi connectivity index (χ4v) is 1.61. The van der Waals surface area contributed by atoms with Gasteiger partial charge in [0.2, 0.25) is 5.91 Å². The average Bonchev–Trinajstić information content (AvgIpc) is 2.26. The molecule has 1 unspecified atom stereocenters. The number of quaternary nitrogens is 1. The van der Waals surface area contributed by atoms with Crippen molar-refractivity contribution in [2.45, 2.75) is 33.1 Å². The van der Waals surface area contributed by atoms with Crippen LogP contribution in [-0.2, 0) is 9.59 Å². The molecule has 1 amide bonds. The van der Waals surface area contributed by atoms with Gasteiger partial charge in [-0.2, -0.15) is 0 Å². The van der Waals surface area contributed by atoms with Gasteiger partial charge in [-0.15, -0.1) is 0 Å². The Labute approximate surface area is 110 Å². The van der Waals surface area contributed by atoms with Crippen molar-refractivity contribution >= 4 is 11.9 Å². The quantitative estimate of drug-likeness (QED) is 0.609. The summed E-state index contributed by atoms with van der Waals surface area (Å²) in [7, 11) is 4.11. The van der Waals surface area contributed by atoms with E-state index >= 15 is 0 Å². The highest BCUT2D eigenvalue weighted by Gasteiger charge is 2.16. The normalized spacial score (nSPS) is 13.1. The summed E-state index contributed by atoms with van der Waals surface area (Å²) in [5.74, 6) is -0.587. The fourth-order valence-electron chi connectivity index (χ4n) is 1.61. The predicted octanol–water partition coefficient (Wildman–Crippen LogP) is 1.09. The number of carboxylic acid groups (broad SMARTS) is 1. The van der Waals surface area contributed by atoms with Crippen molar-refractivity contribution in [2.75, 3.05) is 33.7 Å². The van der Waals surface area contributed by atoms with Crippen molar-refractivity contribution in [1.82, 2.24) is 5.32 Å². The number of likely N-dealkylation sites (N-methyl/N-ethyl adjacent to an activating group) is 1. The Hall–Kier alpha value is -1.10. The zero-order valence-electron chi connectivity index (χ0n) is 12.0. The summed E-state index contributed by atoms with van der Waals surface area (Å²) in [6.45, 7) is 6.19. The van der Waals surface area contributed by atoms with Gasteiger partial charge in [0.05, 0.1) is 40.2 Å². The number of hydrogen-bond acceptors (Lipinski definition) is 2. The van der Waals surface area contributed by atoms with Crippen molar-refractivity contribution in [3.8, 4) is 0 Å². The third-order valence-electron chi connectivity index (χ3n) is 3.23. The lowest BCUT2D eigenvalue weighted by Crippen LogP contribution is -2.46. The van der Waals surface area contributed by atoms with Crippen LogP contribution < -0.4 is 5.32 Å². The van der Waals surface area contributed by atoms with Crippen LogP contribution in [0.2, 0.25) is 0 Å². The molecule has 0 spiro atoms. The van der Waals surface area contributed by atoms with E-state index in [0.29, 0.717) is 13.0 Å². The molecule has 5 heteroatoms. The molecular weight excluding hydrogens is 232 g/mol. The predicted molar refractivity (Wildman–Crippen MR) is 71.2 cm³/mol. The molecule has 0 aliphatic rings. The number of nitrogens with one attached hydrogen (secondary N) is 1. The molecule has 0 rings (SSSR count). The van der Waals surface area contributed by atoms with Gasteiger partial charge in [-0.25, -0.2) is 0 Å². The molecule has 2 N–H and O–H groups in total. The molecule has 0 heterocycles. The maximum absolute atomic E-state index is 11.6. The maximum atomic E-state index is 11.6. The molecule has 106 valence electrons. The van der Waals surface area contributed by atoms with E-state index in [2.05, 4.69) is 19.4 Å². The minimum atomic E-state index is -0.750. The zero-order chi connectivity index (χ0) is 14.2. The van der Waals surface area contributed by atoms with Gasteiger partial charge in [-0.1, -0.05) is 13.8 Å². The second-order valence-corrected chi connectivity index (χ2v) is 5.48. The molecule has 0 aromatic rings. The number of carbonyl (C=O) groups is 2. The van der Waals surface area contributed by atoms with Crippen LogP contribution in [-0.4, -0.2) is 55.2 Å². The Kier molecular flexibility index (Phi) is 7.59. The highest BCUT2D eigenvalue weighted by Crippen LogP contribution is 2.02. The van der Waals surface area contributed by atoms with Gasteiger partial charge in [0.25, 0.3) is 0 Å². The molecule has 0 aromatic heterocycles. The number of carbonyl (C=O) groups excluding carboxylic acids is 1. The first kappa shape index (κ1) is 16.9. The smallest absolute Gasteiger partial charge is 0.303 e. The van der Waals surface area contributed by atoms with E-state index in [0.717, 1.165) is 24.0 Å². The first-order valence-electron chi connectivity index (χ1n) is 6.60. The molecule has 0 bridgehead atoms. The lowest BCUT2D eigenvalue weighted by atomic mass is 10.1. The standard InChI is InChI=1S/C13H26N2O3/c1-5-11(2)13(18)14-8-10-15(3,4)9-6-7-12(16)17/h11H,5-10H2,1-4H3,(H-,14,16,17,18)/p+1. The van der Waals surface area contributed by atoms with Crippen LogP contribution in [0.4, 0.5) is 0 Å². The first-order valence-corrected chi connectivity index (χ1v) is 6.60. The van der Waals surface area contributed by atoms with E-state index < -0.39 is 5.97 Å². The topological polar surface area (TPSA) is 66.4 Å². The largest absolute Gasteiger partial charge is 0.481 e. The van der Waals surface area contributed by atoms with Crippen LogP contribution in [0, 0.1) is 5.92 Å². The monoisotopic (exact) mass is 259 g/mol. The van der Waals surface area contributed by atoms with Crippen LogP contribution in [0.1, 0.15) is 33.1 Å². The molecule has 0 aliphatic carbocycles. The van der Waals surface area contributed by atoms with Crippen molar-refractivity contribution in [2.24, 2.45) is 5.92 Å². The molecule has 1 atom stereocenters. The van der Waals surface area contributed by atoms with Crippen LogP contribution in [0.15, 0.2) is 0 Å². The minimum absolute atomic E-state index is 0.0626. The van der Waals surface area contributed by atoms with Crippen LogP contribution in [0.5, 0.6) is 0 Å². The zero-order valence-corrected chi connectivity index (χ0v) is 12.0. The van der Waals surface area contributed by atoms with Gasteiger partial charge in [0.15, 0.2) is 0 Å². The Balaban J connectivity index is 3.82. The Morgan fingerprint density at radius 1 is 1.28 bits per heavy atom. The lowest BCUT2D eigenvalue weighted by molar-refractivity contribution is -0.889. The molecule has 0 aliphatic heterocycles. The molecular formula is C13H27N2O3+. The van der Waals surface area contributed by atoms with Gasteiger partial charge < -0.3 is 14.9 Å². The van der Waals surface area contributed by atoms with E-state index in [1.54, 1.807) is 0 Å². The summed E-state index contributed by atoms with van der Waals surface area (Å²) < 4.78 is 0.730. The molecule has 0 saturated heterocycles. The third kappa shape index (κ3) is 8.06. The minimum Gasteiger partial charge on any atom is -0.481 e. The second-order valence-electron chi connectivity index (χ2n) is 5.48. The fraction of sp³-hybridized carbons (Fsp3) is 0.846. The van der Waals surface area contributed by atoms with Crippen LogP contribution in [0.25, 0.3) is 0 Å². The molecule has 0 radical (unpaired) electrons. The number of rotatable bonds is 9. The first-order chi connectivity index (χ1) is 8.28. The third-order valence-corrected chi connectivity index (χ3v) is 3.23. The van der Waals surface area contributed by atoms with Crippen molar-refractivity contribution in [3.05, 3.63) is 0 Å². The Bertz CT molecular complexity index is 277. The van der Waals surface area contributed by atoms with Crippen molar-refractivity contribution in [1.29, 1.82) is 0 Å². The van der Waals surface area contributed by atoms with Crippen molar-refractivity contribution < 1.29 is 19.2 Å². The molecule has 5 nitrogen and oxygen atoms in total. The number of carboxylic acids is 1. The SMILES string of the molecule is CCC(C)C(=O)NCC[N+](C)(C)CCCC(=O)O. The summed E-state index contributed by atoms with van der Waals surface area (Å²) in [6, 6.07) is 0. The van der Waals surface area contributed by atoms with E-state index in [-0.39, 0.29) is 18.2 Å². The van der Waals surface area contributed by atoms with Gasteiger partial charge in [0.1, 0.15) is 0 Å². The van der Waals surface area contributed by atoms with E-state index in [1.807, 2.05) is 13.8 Å². The van der Waals surface area contributed by atoms with Crippen LogP contribution >= 0.6 is 0 Å². The van der Waals surface area contributed by atoms with Gasteiger partial charge >= 0.3 is 5.97 Å². The van der Waals surface area contributed by atoms with Gasteiger partial charge in [-0.05, 0) is 6.42 Å². The van der Waals surface area contributed by atoms with Crippen molar-refractivity contribution in [3.63, 3.8) is 0 Å². The van der Waals surface area contributed by atoms with E-state index in [4.69, 9.17) is 5.11 Å². The summed E-state index contributed by atoms with van der Waals surface area (Å²) in [5, 5.41) is 11.5. The summed E-state index contributed by atoms with van der Waals surface area (Å²) in [5.41, 5.74) is 0. The number of amides is 1. The maximum Gasteiger partial charge on any atom is 0.303 e. The highest BCUT2D eigenvalue weighted by molar-refractivity contribution is 5.78. The molecule has 18 heavy (non-hydrogen) atoms.